The van der Waals surface area contributed by atoms with Gasteiger partial charge in [-0.1, -0.05) is 45.8 Å². The van der Waals surface area contributed by atoms with E-state index < -0.39 is 17.1 Å². The number of carbonyl (C=O) groups is 2. The molecule has 6 nitrogen and oxygen atoms in total. The lowest BCUT2D eigenvalue weighted by atomic mass is 9.46. The Hall–Kier alpha value is -2.08. The smallest absolute Gasteiger partial charge is 0.323 e. The van der Waals surface area contributed by atoms with Crippen molar-refractivity contribution in [1.82, 2.24) is 5.32 Å². The number of hydrogen-bond donors (Lipinski definition) is 1. The van der Waals surface area contributed by atoms with Crippen LogP contribution in [0.15, 0.2) is 28.9 Å². The summed E-state index contributed by atoms with van der Waals surface area (Å²) in [6, 6.07) is 1.65. The van der Waals surface area contributed by atoms with Crippen LogP contribution in [-0.2, 0) is 32.0 Å². The molecule has 6 heteroatoms. The van der Waals surface area contributed by atoms with E-state index in [2.05, 4.69) is 39.6 Å². The summed E-state index contributed by atoms with van der Waals surface area (Å²) in [6.07, 6.45) is 9.45. The van der Waals surface area contributed by atoms with Crippen molar-refractivity contribution in [3.8, 4) is 0 Å². The number of nitrogens with one attached hydrogen (secondary N) is 1. The Morgan fingerprint density at radius 2 is 1.97 bits per heavy atom. The van der Waals surface area contributed by atoms with Gasteiger partial charge in [0.2, 0.25) is 0 Å². The van der Waals surface area contributed by atoms with Crippen molar-refractivity contribution < 1.29 is 23.5 Å². The zero-order valence-electron chi connectivity index (χ0n) is 25.1. The number of ether oxygens (including phenoxy) is 2. The molecule has 3 rings (SSSR count). The molecule has 2 aliphatic rings. The topological polar surface area (TPSA) is 77.8 Å². The highest BCUT2D eigenvalue weighted by molar-refractivity contribution is 5.77. The van der Waals surface area contributed by atoms with Gasteiger partial charge in [0, 0.05) is 0 Å². The molecular formula is C32H51NO5. The molecule has 2 aliphatic carbocycles. The molecule has 6 unspecified atom stereocenters. The fourth-order valence-electron chi connectivity index (χ4n) is 7.32. The van der Waals surface area contributed by atoms with Crippen molar-refractivity contribution >= 4 is 11.9 Å². The fraction of sp³-hybridized carbons (Fsp3) is 0.750. The van der Waals surface area contributed by atoms with Crippen LogP contribution in [0.3, 0.4) is 0 Å². The van der Waals surface area contributed by atoms with E-state index in [-0.39, 0.29) is 23.3 Å². The van der Waals surface area contributed by atoms with Crippen LogP contribution in [0.5, 0.6) is 0 Å². The lowest BCUT2D eigenvalue weighted by molar-refractivity contribution is -0.168. The van der Waals surface area contributed by atoms with E-state index >= 15 is 0 Å². The Balaban J connectivity index is 1.72. The van der Waals surface area contributed by atoms with Crippen LogP contribution in [-0.4, -0.2) is 30.7 Å². The van der Waals surface area contributed by atoms with Crippen molar-refractivity contribution in [2.75, 3.05) is 7.11 Å². The predicted octanol–water partition coefficient (Wildman–Crippen LogP) is 7.01. The van der Waals surface area contributed by atoms with Crippen LogP contribution >= 0.6 is 0 Å². The van der Waals surface area contributed by atoms with Gasteiger partial charge >= 0.3 is 11.9 Å². The molecule has 0 aromatic carbocycles. The summed E-state index contributed by atoms with van der Waals surface area (Å²) in [5, 5.41) is 3.43. The van der Waals surface area contributed by atoms with Crippen LogP contribution in [0.25, 0.3) is 0 Å². The average Bonchev–Trinajstić information content (AvgIpc) is 3.28. The zero-order chi connectivity index (χ0) is 28.3. The fourth-order valence-corrected chi connectivity index (χ4v) is 7.32. The summed E-state index contributed by atoms with van der Waals surface area (Å²) in [7, 11) is 1.52. The summed E-state index contributed by atoms with van der Waals surface area (Å²) in [5.41, 5.74) is 1.53. The number of rotatable bonds is 10. The first-order valence-electron chi connectivity index (χ1n) is 14.5. The third kappa shape index (κ3) is 6.38. The molecule has 0 amide bonds. The second-order valence-electron chi connectivity index (χ2n) is 13.3. The lowest BCUT2D eigenvalue weighted by Crippen LogP contribution is -2.53. The highest BCUT2D eigenvalue weighted by Crippen LogP contribution is 2.62. The van der Waals surface area contributed by atoms with Crippen molar-refractivity contribution in [3.05, 3.63) is 35.8 Å². The van der Waals surface area contributed by atoms with E-state index in [1.807, 2.05) is 26.8 Å². The van der Waals surface area contributed by atoms with Crippen LogP contribution in [0, 0.1) is 28.6 Å². The Morgan fingerprint density at radius 3 is 2.61 bits per heavy atom. The number of allylic oxidation sites excluding steroid dienone is 1. The van der Waals surface area contributed by atoms with Gasteiger partial charge in [0.05, 0.1) is 25.3 Å². The summed E-state index contributed by atoms with van der Waals surface area (Å²) in [4.78, 5) is 25.8. The van der Waals surface area contributed by atoms with Gasteiger partial charge in [-0.05, 0) is 101 Å². The zero-order valence-corrected chi connectivity index (χ0v) is 25.1. The summed E-state index contributed by atoms with van der Waals surface area (Å²) in [5.74, 6) is 1.36. The normalized spacial score (nSPS) is 29.3. The highest BCUT2D eigenvalue weighted by atomic mass is 16.6. The van der Waals surface area contributed by atoms with Gasteiger partial charge in [0.15, 0.2) is 0 Å². The quantitative estimate of drug-likeness (QED) is 0.259. The molecule has 0 spiro atoms. The maximum absolute atomic E-state index is 12.9. The van der Waals surface area contributed by atoms with Crippen molar-refractivity contribution in [1.29, 1.82) is 0 Å². The van der Waals surface area contributed by atoms with Gasteiger partial charge in [-0.25, -0.2) is 0 Å². The molecule has 0 saturated heterocycles. The largest absolute Gasteiger partial charge is 0.469 e. The van der Waals surface area contributed by atoms with E-state index in [0.29, 0.717) is 18.4 Å². The van der Waals surface area contributed by atoms with Crippen LogP contribution < -0.4 is 5.32 Å². The summed E-state index contributed by atoms with van der Waals surface area (Å²) in [6.45, 7) is 19.3. The number of carbonyl (C=O) groups excluding carboxylic acids is 2. The first kappa shape index (κ1) is 30.5. The van der Waals surface area contributed by atoms with Gasteiger partial charge in [-0.2, -0.15) is 0 Å². The highest BCUT2D eigenvalue weighted by Gasteiger charge is 2.57. The molecule has 6 atom stereocenters. The summed E-state index contributed by atoms with van der Waals surface area (Å²) >= 11 is 0. The molecule has 38 heavy (non-hydrogen) atoms. The lowest BCUT2D eigenvalue weighted by Gasteiger charge is -2.57. The number of methoxy groups -OCH3 is 1. The number of esters is 2. The van der Waals surface area contributed by atoms with Gasteiger partial charge in [-0.3, -0.25) is 14.9 Å². The summed E-state index contributed by atoms with van der Waals surface area (Å²) < 4.78 is 16.9. The van der Waals surface area contributed by atoms with Gasteiger partial charge in [0.1, 0.15) is 17.4 Å². The van der Waals surface area contributed by atoms with E-state index in [1.54, 1.807) is 6.26 Å². The second kappa shape index (κ2) is 12.0. The molecule has 0 radical (unpaired) electrons. The average molecular weight is 530 g/mol. The second-order valence-corrected chi connectivity index (χ2v) is 13.3. The maximum Gasteiger partial charge on any atom is 0.323 e. The van der Waals surface area contributed by atoms with E-state index in [1.165, 1.54) is 12.7 Å². The third-order valence-electron chi connectivity index (χ3n) is 9.57. The number of hydrogen-bond acceptors (Lipinski definition) is 6. The Bertz CT molecular complexity index is 990. The molecule has 2 saturated carbocycles. The molecule has 1 aromatic rings. The Kier molecular flexibility index (Phi) is 9.60. The minimum atomic E-state index is -0.528. The Labute approximate surface area is 230 Å². The van der Waals surface area contributed by atoms with Crippen molar-refractivity contribution in [2.45, 2.75) is 118 Å². The predicted molar refractivity (Wildman–Crippen MR) is 150 cm³/mol. The number of fused-ring (bicyclic) bond motifs is 1. The number of furan rings is 1. The molecule has 1 N–H and O–H groups in total. The van der Waals surface area contributed by atoms with Crippen LogP contribution in [0.1, 0.15) is 105 Å². The minimum Gasteiger partial charge on any atom is -0.469 e. The molecule has 0 bridgehead atoms. The van der Waals surface area contributed by atoms with Crippen molar-refractivity contribution in [3.63, 3.8) is 0 Å². The van der Waals surface area contributed by atoms with Gasteiger partial charge in [0.25, 0.3) is 0 Å². The molecule has 1 heterocycles. The van der Waals surface area contributed by atoms with Gasteiger partial charge in [-0.15, -0.1) is 0 Å². The SMILES string of the molecule is C=C1CCC2C(C)(C(=O)OC)CCCC2(C)C1CCc1ccoc1CNC(C(=O)OC(C)(C)C)C(C)CC. The molecule has 214 valence electrons. The Morgan fingerprint density at radius 1 is 1.26 bits per heavy atom. The van der Waals surface area contributed by atoms with E-state index in [0.717, 1.165) is 62.7 Å². The molecule has 0 aliphatic heterocycles. The van der Waals surface area contributed by atoms with Gasteiger partial charge < -0.3 is 13.9 Å². The first-order chi connectivity index (χ1) is 17.8. The van der Waals surface area contributed by atoms with E-state index in [9.17, 15) is 9.59 Å². The van der Waals surface area contributed by atoms with E-state index in [4.69, 9.17) is 13.9 Å². The van der Waals surface area contributed by atoms with Crippen molar-refractivity contribution in [2.24, 2.45) is 28.6 Å². The molecule has 2 fully saturated rings. The minimum absolute atomic E-state index is 0.0248. The third-order valence-corrected chi connectivity index (χ3v) is 9.57. The van der Waals surface area contributed by atoms with Crippen LogP contribution in [0.2, 0.25) is 0 Å². The molecule has 1 aromatic heterocycles. The van der Waals surface area contributed by atoms with Crippen LogP contribution in [0.4, 0.5) is 0 Å². The number of aryl methyl sites for hydroxylation is 1. The molecular weight excluding hydrogens is 478 g/mol. The monoisotopic (exact) mass is 529 g/mol. The first-order valence-corrected chi connectivity index (χ1v) is 14.5. The maximum atomic E-state index is 12.9. The standard InChI is InChI=1S/C32H51NO5/c1-10-21(2)27(28(34)38-30(4,5)6)33-20-25-23(16-19-37-25)13-14-24-22(3)12-15-26-31(24,7)17-11-18-32(26,8)29(35)36-9/h16,19,21,24,26-27,33H,3,10-15,17-18,20H2,1-2,4-9H3.